The van der Waals surface area contributed by atoms with Crippen LogP contribution >= 0.6 is 0 Å². The second-order valence-corrected chi connectivity index (χ2v) is 7.01. The topological polar surface area (TPSA) is 66.8 Å². The fourth-order valence-corrected chi connectivity index (χ4v) is 3.72. The van der Waals surface area contributed by atoms with Gasteiger partial charge in [0.2, 0.25) is 0 Å². The summed E-state index contributed by atoms with van der Waals surface area (Å²) >= 11 is 0. The molecule has 1 aliphatic heterocycles. The Morgan fingerprint density at radius 3 is 3.00 bits per heavy atom. The summed E-state index contributed by atoms with van der Waals surface area (Å²) in [6.45, 7) is 5.79. The Morgan fingerprint density at radius 1 is 1.32 bits per heavy atom. The van der Waals surface area contributed by atoms with E-state index in [1.54, 1.807) is 0 Å². The van der Waals surface area contributed by atoms with Crippen molar-refractivity contribution in [3.05, 3.63) is 48.2 Å². The van der Waals surface area contributed by atoms with Crippen molar-refractivity contribution in [3.8, 4) is 0 Å². The summed E-state index contributed by atoms with van der Waals surface area (Å²) in [5.41, 5.74) is 1.42. The maximum Gasteiger partial charge on any atom is 0.275 e. The van der Waals surface area contributed by atoms with Gasteiger partial charge in [-0.25, -0.2) is 4.98 Å². The second kappa shape index (κ2) is 6.35. The van der Waals surface area contributed by atoms with Crippen LogP contribution in [0.15, 0.2) is 36.7 Å². The van der Waals surface area contributed by atoms with Gasteiger partial charge < -0.3 is 9.47 Å². The zero-order chi connectivity index (χ0) is 17.4. The number of nitrogens with one attached hydrogen (secondary N) is 1. The molecule has 1 aromatic carbocycles. The van der Waals surface area contributed by atoms with Crippen LogP contribution in [0.25, 0.3) is 10.9 Å². The van der Waals surface area contributed by atoms with Crippen molar-refractivity contribution in [3.63, 3.8) is 0 Å². The number of carbonyl (C=O) groups is 1. The molecule has 0 saturated carbocycles. The van der Waals surface area contributed by atoms with E-state index < -0.39 is 0 Å². The Kier molecular flexibility index (Phi) is 4.03. The van der Waals surface area contributed by atoms with Crippen molar-refractivity contribution < 1.29 is 4.79 Å². The van der Waals surface area contributed by atoms with E-state index in [2.05, 4.69) is 33.6 Å². The van der Waals surface area contributed by atoms with Crippen molar-refractivity contribution >= 4 is 16.8 Å². The number of benzene rings is 1. The molecule has 6 heteroatoms. The Morgan fingerprint density at radius 2 is 2.16 bits per heavy atom. The molecule has 0 bridgehead atoms. The standard InChI is InChI=1S/C19H23N5O/c1-13(2)18-20-9-11-24(18)14-6-5-10-23(12-14)19(25)17-15-7-3-4-8-16(15)21-22-17/h3-4,7-9,11,13-14H,5-6,10,12H2,1-2H3,(H,21,22)/t14-/m1/s1. The molecule has 6 nitrogen and oxygen atoms in total. The van der Waals surface area contributed by atoms with Gasteiger partial charge in [-0.2, -0.15) is 5.10 Å². The number of para-hydroxylation sites is 1. The quantitative estimate of drug-likeness (QED) is 0.797. The Labute approximate surface area is 146 Å². The number of piperidine rings is 1. The zero-order valence-electron chi connectivity index (χ0n) is 14.6. The predicted octanol–water partition coefficient (Wildman–Crippen LogP) is 3.36. The van der Waals surface area contributed by atoms with Crippen molar-refractivity contribution in [2.75, 3.05) is 13.1 Å². The lowest BCUT2D eigenvalue weighted by Crippen LogP contribution is -2.41. The molecule has 3 aromatic rings. The van der Waals surface area contributed by atoms with Crippen LogP contribution < -0.4 is 0 Å². The summed E-state index contributed by atoms with van der Waals surface area (Å²) in [5.74, 6) is 1.47. The first kappa shape index (κ1) is 15.9. The number of hydrogen-bond acceptors (Lipinski definition) is 3. The molecular weight excluding hydrogens is 314 g/mol. The van der Waals surface area contributed by atoms with Crippen LogP contribution in [-0.4, -0.2) is 43.6 Å². The van der Waals surface area contributed by atoms with Gasteiger partial charge in [0.25, 0.3) is 5.91 Å². The molecular formula is C19H23N5O. The molecule has 1 atom stereocenters. The third-order valence-corrected chi connectivity index (χ3v) is 4.97. The summed E-state index contributed by atoms with van der Waals surface area (Å²) in [5, 5.41) is 8.12. The molecule has 0 unspecified atom stereocenters. The third kappa shape index (κ3) is 2.81. The molecule has 1 amide bonds. The van der Waals surface area contributed by atoms with Crippen LogP contribution in [0.4, 0.5) is 0 Å². The van der Waals surface area contributed by atoms with E-state index in [9.17, 15) is 4.79 Å². The molecule has 1 fully saturated rings. The number of nitrogens with zero attached hydrogens (tertiary/aromatic N) is 4. The maximum absolute atomic E-state index is 13.0. The van der Waals surface area contributed by atoms with Gasteiger partial charge in [0.1, 0.15) is 5.82 Å². The summed E-state index contributed by atoms with van der Waals surface area (Å²) in [4.78, 5) is 19.5. The van der Waals surface area contributed by atoms with E-state index >= 15 is 0 Å². The van der Waals surface area contributed by atoms with Crippen molar-refractivity contribution in [1.29, 1.82) is 0 Å². The fraction of sp³-hybridized carbons (Fsp3) is 0.421. The van der Waals surface area contributed by atoms with Crippen LogP contribution in [0.1, 0.15) is 55.0 Å². The predicted molar refractivity (Wildman–Crippen MR) is 96.6 cm³/mol. The van der Waals surface area contributed by atoms with Crippen molar-refractivity contribution in [2.45, 2.75) is 38.6 Å². The van der Waals surface area contributed by atoms with E-state index in [1.165, 1.54) is 0 Å². The monoisotopic (exact) mass is 337 g/mol. The lowest BCUT2D eigenvalue weighted by atomic mass is 10.0. The molecule has 2 aromatic heterocycles. The Hall–Kier alpha value is -2.63. The fourth-order valence-electron chi connectivity index (χ4n) is 3.72. The minimum atomic E-state index is 0.00774. The number of aromatic amines is 1. The molecule has 0 radical (unpaired) electrons. The highest BCUT2D eigenvalue weighted by Gasteiger charge is 2.28. The summed E-state index contributed by atoms with van der Waals surface area (Å²) in [6, 6.07) is 8.05. The van der Waals surface area contributed by atoms with Crippen molar-refractivity contribution in [1.82, 2.24) is 24.6 Å². The lowest BCUT2D eigenvalue weighted by molar-refractivity contribution is 0.0673. The summed E-state index contributed by atoms with van der Waals surface area (Å²) < 4.78 is 2.24. The van der Waals surface area contributed by atoms with Crippen LogP contribution in [0.3, 0.4) is 0 Å². The van der Waals surface area contributed by atoms with Crippen LogP contribution in [0.5, 0.6) is 0 Å². The molecule has 4 rings (SSSR count). The average Bonchev–Trinajstić information content (AvgIpc) is 3.28. The molecule has 25 heavy (non-hydrogen) atoms. The number of fused-ring (bicyclic) bond motifs is 1. The number of aromatic nitrogens is 4. The van der Waals surface area contributed by atoms with E-state index in [0.29, 0.717) is 18.2 Å². The van der Waals surface area contributed by atoms with E-state index in [4.69, 9.17) is 0 Å². The van der Waals surface area contributed by atoms with Gasteiger partial charge in [0.15, 0.2) is 5.69 Å². The number of likely N-dealkylation sites (tertiary alicyclic amines) is 1. The molecule has 1 aliphatic rings. The highest BCUT2D eigenvalue weighted by Crippen LogP contribution is 2.27. The largest absolute Gasteiger partial charge is 0.335 e. The number of amides is 1. The van der Waals surface area contributed by atoms with E-state index in [-0.39, 0.29) is 11.9 Å². The van der Waals surface area contributed by atoms with Gasteiger partial charge in [-0.15, -0.1) is 0 Å². The molecule has 0 spiro atoms. The maximum atomic E-state index is 13.0. The Balaban J connectivity index is 1.59. The van der Waals surface area contributed by atoms with Gasteiger partial charge in [-0.3, -0.25) is 9.89 Å². The van der Waals surface area contributed by atoms with Gasteiger partial charge in [0, 0.05) is 36.8 Å². The first-order valence-corrected chi connectivity index (χ1v) is 8.90. The van der Waals surface area contributed by atoms with Crippen LogP contribution in [-0.2, 0) is 0 Å². The van der Waals surface area contributed by atoms with Crippen molar-refractivity contribution in [2.24, 2.45) is 0 Å². The first-order valence-electron chi connectivity index (χ1n) is 8.90. The highest BCUT2D eigenvalue weighted by molar-refractivity contribution is 6.04. The average molecular weight is 337 g/mol. The third-order valence-electron chi connectivity index (χ3n) is 4.97. The number of H-pyrrole nitrogens is 1. The van der Waals surface area contributed by atoms with E-state index in [0.717, 1.165) is 36.1 Å². The van der Waals surface area contributed by atoms with Crippen LogP contribution in [0, 0.1) is 0 Å². The molecule has 3 heterocycles. The van der Waals surface area contributed by atoms with E-state index in [1.807, 2.05) is 41.6 Å². The van der Waals surface area contributed by atoms with Gasteiger partial charge >= 0.3 is 0 Å². The van der Waals surface area contributed by atoms with Crippen LogP contribution in [0.2, 0.25) is 0 Å². The minimum absolute atomic E-state index is 0.00774. The number of hydrogen-bond donors (Lipinski definition) is 1. The first-order chi connectivity index (χ1) is 12.1. The molecule has 1 N–H and O–H groups in total. The summed E-state index contributed by atoms with van der Waals surface area (Å²) in [7, 11) is 0. The normalized spacial score (nSPS) is 18.2. The van der Waals surface area contributed by atoms with Gasteiger partial charge in [-0.05, 0) is 18.9 Å². The number of imidazole rings is 1. The Bertz CT molecular complexity index is 894. The second-order valence-electron chi connectivity index (χ2n) is 7.01. The minimum Gasteiger partial charge on any atom is -0.335 e. The number of carbonyl (C=O) groups excluding carboxylic acids is 1. The summed E-state index contributed by atoms with van der Waals surface area (Å²) in [6.07, 6.45) is 5.96. The lowest BCUT2D eigenvalue weighted by Gasteiger charge is -2.34. The van der Waals surface area contributed by atoms with Gasteiger partial charge in [-0.1, -0.05) is 32.0 Å². The molecule has 130 valence electrons. The smallest absolute Gasteiger partial charge is 0.275 e. The molecule has 1 saturated heterocycles. The zero-order valence-corrected chi connectivity index (χ0v) is 14.6. The van der Waals surface area contributed by atoms with Gasteiger partial charge in [0.05, 0.1) is 11.6 Å². The number of rotatable bonds is 3. The highest BCUT2D eigenvalue weighted by atomic mass is 16.2. The SMILES string of the molecule is CC(C)c1nccn1[C@@H]1CCCN(C(=O)c2n[nH]c3ccccc23)C1. The molecule has 0 aliphatic carbocycles.